The molecule has 0 saturated heterocycles. The summed E-state index contributed by atoms with van der Waals surface area (Å²) in [7, 11) is 1.74. The first kappa shape index (κ1) is 14.2. The van der Waals surface area contributed by atoms with Gasteiger partial charge in [-0.1, -0.05) is 19.9 Å². The van der Waals surface area contributed by atoms with E-state index in [9.17, 15) is 0 Å². The van der Waals surface area contributed by atoms with Gasteiger partial charge in [-0.25, -0.2) is 0 Å². The Bertz CT molecular complexity index is 409. The van der Waals surface area contributed by atoms with Crippen molar-refractivity contribution in [3.63, 3.8) is 0 Å². The molecule has 0 aromatic heterocycles. The second-order valence-electron chi connectivity index (χ2n) is 5.87. The van der Waals surface area contributed by atoms with Crippen molar-refractivity contribution in [1.29, 1.82) is 0 Å². The molecule has 106 valence electrons. The highest BCUT2D eigenvalue weighted by Gasteiger charge is 2.19. The maximum absolute atomic E-state index is 5.95. The van der Waals surface area contributed by atoms with Gasteiger partial charge in [-0.3, -0.25) is 0 Å². The number of hydrogen-bond acceptors (Lipinski definition) is 3. The van der Waals surface area contributed by atoms with Crippen LogP contribution < -0.4 is 15.8 Å². The van der Waals surface area contributed by atoms with Gasteiger partial charge < -0.3 is 15.8 Å². The van der Waals surface area contributed by atoms with Crippen molar-refractivity contribution in [3.05, 3.63) is 23.8 Å². The van der Waals surface area contributed by atoms with Gasteiger partial charge in [0.15, 0.2) is 0 Å². The van der Waals surface area contributed by atoms with Gasteiger partial charge in [-0.2, -0.15) is 0 Å². The number of anilines is 1. The molecular weight excluding hydrogens is 236 g/mol. The third-order valence-electron chi connectivity index (χ3n) is 4.02. The molecule has 0 heterocycles. The van der Waals surface area contributed by atoms with Gasteiger partial charge >= 0.3 is 0 Å². The Hall–Kier alpha value is -1.22. The third-order valence-corrected chi connectivity index (χ3v) is 4.02. The van der Waals surface area contributed by atoms with E-state index in [1.165, 1.54) is 5.56 Å². The van der Waals surface area contributed by atoms with Crippen molar-refractivity contribution in [2.24, 2.45) is 5.73 Å². The Balaban J connectivity index is 2.07. The minimum Gasteiger partial charge on any atom is -0.495 e. The molecule has 1 aliphatic rings. The van der Waals surface area contributed by atoms with Crippen molar-refractivity contribution < 1.29 is 4.74 Å². The van der Waals surface area contributed by atoms with Crippen LogP contribution in [0.3, 0.4) is 0 Å². The van der Waals surface area contributed by atoms with Gasteiger partial charge in [0.2, 0.25) is 0 Å². The molecule has 0 spiro atoms. The van der Waals surface area contributed by atoms with E-state index < -0.39 is 0 Å². The first-order valence-corrected chi connectivity index (χ1v) is 7.30. The van der Waals surface area contributed by atoms with Crippen LogP contribution in [0.2, 0.25) is 0 Å². The fourth-order valence-electron chi connectivity index (χ4n) is 2.67. The molecule has 1 saturated carbocycles. The lowest BCUT2D eigenvalue weighted by Crippen LogP contribution is -2.32. The number of nitrogens with one attached hydrogen (secondary N) is 1. The zero-order valence-electron chi connectivity index (χ0n) is 12.3. The molecular formula is C16H26N2O. The number of nitrogens with two attached hydrogens (primary N) is 1. The molecule has 3 heteroatoms. The molecule has 3 N–H and O–H groups in total. The highest BCUT2D eigenvalue weighted by atomic mass is 16.5. The second-order valence-corrected chi connectivity index (χ2v) is 5.87. The van der Waals surface area contributed by atoms with Crippen LogP contribution >= 0.6 is 0 Å². The fourth-order valence-corrected chi connectivity index (χ4v) is 2.67. The molecule has 1 aliphatic carbocycles. The topological polar surface area (TPSA) is 47.3 Å². The largest absolute Gasteiger partial charge is 0.495 e. The van der Waals surface area contributed by atoms with Gasteiger partial charge in [-0.15, -0.1) is 0 Å². The van der Waals surface area contributed by atoms with Gasteiger partial charge in [0.05, 0.1) is 12.8 Å². The van der Waals surface area contributed by atoms with Crippen LogP contribution in [0, 0.1) is 0 Å². The lowest BCUT2D eigenvalue weighted by molar-refractivity contribution is 0.401. The van der Waals surface area contributed by atoms with E-state index in [1.807, 2.05) is 0 Å². The van der Waals surface area contributed by atoms with Gasteiger partial charge in [-0.05, 0) is 49.3 Å². The SMILES string of the molecule is COc1cc(C(C)C)ccc1NC1CCC(N)CC1. The smallest absolute Gasteiger partial charge is 0.142 e. The summed E-state index contributed by atoms with van der Waals surface area (Å²) >= 11 is 0. The van der Waals surface area contributed by atoms with Crippen LogP contribution in [0.1, 0.15) is 51.0 Å². The van der Waals surface area contributed by atoms with E-state index >= 15 is 0 Å². The van der Waals surface area contributed by atoms with Crippen LogP contribution in [0.4, 0.5) is 5.69 Å². The Kier molecular flexibility index (Phi) is 4.70. The monoisotopic (exact) mass is 262 g/mol. The van der Waals surface area contributed by atoms with Crippen molar-refractivity contribution in [3.8, 4) is 5.75 Å². The summed E-state index contributed by atoms with van der Waals surface area (Å²) in [6.45, 7) is 4.40. The predicted molar refractivity (Wildman–Crippen MR) is 80.9 cm³/mol. The standard InChI is InChI=1S/C16H26N2O/c1-11(2)12-4-9-15(16(10-12)19-3)18-14-7-5-13(17)6-8-14/h4,9-11,13-14,18H,5-8,17H2,1-3H3. The average Bonchev–Trinajstić information content (AvgIpc) is 2.41. The summed E-state index contributed by atoms with van der Waals surface area (Å²) in [4.78, 5) is 0. The number of benzene rings is 1. The molecule has 1 fully saturated rings. The number of rotatable bonds is 4. The molecule has 1 aromatic carbocycles. The van der Waals surface area contributed by atoms with E-state index in [-0.39, 0.29) is 0 Å². The first-order valence-electron chi connectivity index (χ1n) is 7.30. The van der Waals surface area contributed by atoms with E-state index in [0.29, 0.717) is 18.0 Å². The van der Waals surface area contributed by atoms with E-state index in [1.54, 1.807) is 7.11 Å². The molecule has 0 bridgehead atoms. The Morgan fingerprint density at radius 3 is 2.47 bits per heavy atom. The summed E-state index contributed by atoms with van der Waals surface area (Å²) in [5.41, 5.74) is 8.36. The molecule has 0 atom stereocenters. The quantitative estimate of drug-likeness (QED) is 0.873. The normalized spacial score (nSPS) is 23.4. The zero-order chi connectivity index (χ0) is 13.8. The Morgan fingerprint density at radius 2 is 1.89 bits per heavy atom. The molecule has 0 radical (unpaired) electrons. The van der Waals surface area contributed by atoms with Crippen LogP contribution in [-0.4, -0.2) is 19.2 Å². The number of hydrogen-bond donors (Lipinski definition) is 2. The van der Waals surface area contributed by atoms with Crippen molar-refractivity contribution in [2.75, 3.05) is 12.4 Å². The van der Waals surface area contributed by atoms with Crippen LogP contribution in [0.5, 0.6) is 5.75 Å². The number of ether oxygens (including phenoxy) is 1. The van der Waals surface area contributed by atoms with Gasteiger partial charge in [0.25, 0.3) is 0 Å². The van der Waals surface area contributed by atoms with Gasteiger partial charge in [0.1, 0.15) is 5.75 Å². The highest BCUT2D eigenvalue weighted by Crippen LogP contribution is 2.31. The van der Waals surface area contributed by atoms with Crippen molar-refractivity contribution in [1.82, 2.24) is 0 Å². The molecule has 2 rings (SSSR count). The lowest BCUT2D eigenvalue weighted by Gasteiger charge is -2.28. The Morgan fingerprint density at radius 1 is 1.21 bits per heavy atom. The minimum atomic E-state index is 0.392. The summed E-state index contributed by atoms with van der Waals surface area (Å²) in [5.74, 6) is 1.47. The Labute approximate surface area is 116 Å². The van der Waals surface area contributed by atoms with Crippen LogP contribution in [0.15, 0.2) is 18.2 Å². The van der Waals surface area contributed by atoms with Crippen LogP contribution in [-0.2, 0) is 0 Å². The number of methoxy groups -OCH3 is 1. The molecule has 0 unspecified atom stereocenters. The first-order chi connectivity index (χ1) is 9.10. The van der Waals surface area contributed by atoms with Crippen LogP contribution in [0.25, 0.3) is 0 Å². The molecule has 0 aliphatic heterocycles. The molecule has 19 heavy (non-hydrogen) atoms. The fraction of sp³-hybridized carbons (Fsp3) is 0.625. The highest BCUT2D eigenvalue weighted by molar-refractivity contribution is 5.58. The maximum Gasteiger partial charge on any atom is 0.142 e. The average molecular weight is 262 g/mol. The van der Waals surface area contributed by atoms with E-state index in [4.69, 9.17) is 10.5 Å². The summed E-state index contributed by atoms with van der Waals surface area (Å²) < 4.78 is 5.51. The predicted octanol–water partition coefficient (Wildman–Crippen LogP) is 3.50. The maximum atomic E-state index is 5.95. The lowest BCUT2D eigenvalue weighted by atomic mass is 9.91. The zero-order valence-corrected chi connectivity index (χ0v) is 12.3. The minimum absolute atomic E-state index is 0.392. The second kappa shape index (κ2) is 6.29. The van der Waals surface area contributed by atoms with Crippen molar-refractivity contribution >= 4 is 5.69 Å². The molecule has 0 amide bonds. The third kappa shape index (κ3) is 3.63. The summed E-state index contributed by atoms with van der Waals surface area (Å²) in [6.07, 6.45) is 4.53. The van der Waals surface area contributed by atoms with Gasteiger partial charge in [0, 0.05) is 12.1 Å². The van der Waals surface area contributed by atoms with Crippen molar-refractivity contribution in [2.45, 2.75) is 57.5 Å². The van der Waals surface area contributed by atoms with E-state index in [2.05, 4.69) is 37.4 Å². The molecule has 1 aromatic rings. The summed E-state index contributed by atoms with van der Waals surface area (Å²) in [5, 5.41) is 3.61. The summed E-state index contributed by atoms with van der Waals surface area (Å²) in [6, 6.07) is 7.39. The van der Waals surface area contributed by atoms with E-state index in [0.717, 1.165) is 37.1 Å². The molecule has 3 nitrogen and oxygen atoms in total.